The van der Waals surface area contributed by atoms with Gasteiger partial charge in [-0.3, -0.25) is 9.69 Å². The third-order valence-corrected chi connectivity index (χ3v) is 6.82. The Labute approximate surface area is 172 Å². The van der Waals surface area contributed by atoms with Gasteiger partial charge in [0.05, 0.1) is 12.7 Å². The Morgan fingerprint density at radius 1 is 0.931 bits per heavy atom. The van der Waals surface area contributed by atoms with Gasteiger partial charge in [-0.1, -0.05) is 60.7 Å². The maximum Gasteiger partial charge on any atom is 0.170 e. The molecule has 3 aromatic rings. The smallest absolute Gasteiger partial charge is 0.170 e. The van der Waals surface area contributed by atoms with Crippen molar-refractivity contribution in [1.29, 1.82) is 0 Å². The number of fused-ring (bicyclic) bond motifs is 3. The molecule has 0 radical (unpaired) electrons. The number of piperidine rings is 1. The molecule has 2 atom stereocenters. The summed E-state index contributed by atoms with van der Waals surface area (Å²) < 4.78 is 5.60. The van der Waals surface area contributed by atoms with E-state index in [1.165, 1.54) is 18.4 Å². The van der Waals surface area contributed by atoms with Gasteiger partial charge in [-0.2, -0.15) is 0 Å². The van der Waals surface area contributed by atoms with E-state index in [4.69, 9.17) is 4.74 Å². The first-order valence-electron chi connectivity index (χ1n) is 10.6. The van der Waals surface area contributed by atoms with Crippen molar-refractivity contribution >= 4 is 16.6 Å². The lowest BCUT2D eigenvalue weighted by atomic mass is 9.83. The molecule has 0 aromatic heterocycles. The number of ketones is 1. The van der Waals surface area contributed by atoms with Crippen molar-refractivity contribution < 1.29 is 9.53 Å². The molecule has 2 aliphatic heterocycles. The van der Waals surface area contributed by atoms with Gasteiger partial charge in [0.2, 0.25) is 0 Å². The van der Waals surface area contributed by atoms with E-state index < -0.39 is 0 Å². The second kappa shape index (κ2) is 7.64. The van der Waals surface area contributed by atoms with E-state index in [-0.39, 0.29) is 11.7 Å². The Bertz CT molecular complexity index is 1020. The van der Waals surface area contributed by atoms with Crippen molar-refractivity contribution in [2.24, 2.45) is 5.92 Å². The molecule has 5 rings (SSSR count). The van der Waals surface area contributed by atoms with Crippen molar-refractivity contribution in [3.63, 3.8) is 0 Å². The van der Waals surface area contributed by atoms with Gasteiger partial charge in [0, 0.05) is 24.5 Å². The van der Waals surface area contributed by atoms with Crippen LogP contribution < -0.4 is 4.74 Å². The first kappa shape index (κ1) is 18.4. The zero-order valence-electron chi connectivity index (χ0n) is 16.9. The van der Waals surface area contributed by atoms with E-state index in [2.05, 4.69) is 41.3 Å². The van der Waals surface area contributed by atoms with Gasteiger partial charge in [-0.15, -0.1) is 0 Å². The molecule has 3 aromatic carbocycles. The van der Waals surface area contributed by atoms with E-state index in [0.29, 0.717) is 17.8 Å². The van der Waals surface area contributed by atoms with Crippen molar-refractivity contribution in [3.05, 3.63) is 77.9 Å². The third kappa shape index (κ3) is 3.34. The van der Waals surface area contributed by atoms with E-state index in [0.717, 1.165) is 35.7 Å². The zero-order valence-corrected chi connectivity index (χ0v) is 16.9. The van der Waals surface area contributed by atoms with Gasteiger partial charge in [-0.05, 0) is 48.1 Å². The average Bonchev–Trinajstić information content (AvgIpc) is 2.99. The maximum absolute atomic E-state index is 13.7. The highest BCUT2D eigenvalue weighted by Gasteiger charge is 2.43. The standard InChI is InChI=1S/C26H27NO2/c1-29-24-14-11-19-9-5-6-10-23(19)25(24)26(28)20-15-21-12-13-22(16-20)27(21)17-18-7-3-2-4-8-18/h2-11,14,20-22H,12-13,15-17H2,1H3. The molecule has 0 N–H and O–H groups in total. The Balaban J connectivity index is 1.41. The quantitative estimate of drug-likeness (QED) is 0.545. The molecule has 3 heteroatoms. The Morgan fingerprint density at radius 3 is 2.34 bits per heavy atom. The molecular formula is C26H27NO2. The predicted molar refractivity (Wildman–Crippen MR) is 116 cm³/mol. The minimum atomic E-state index is 0.0826. The Hall–Kier alpha value is -2.65. The van der Waals surface area contributed by atoms with Gasteiger partial charge in [-0.25, -0.2) is 0 Å². The number of methoxy groups -OCH3 is 1. The molecule has 0 saturated carbocycles. The molecule has 0 spiro atoms. The van der Waals surface area contributed by atoms with Gasteiger partial charge in [0.15, 0.2) is 5.78 Å². The molecule has 148 valence electrons. The summed E-state index contributed by atoms with van der Waals surface area (Å²) in [5.74, 6) is 1.04. The lowest BCUT2D eigenvalue weighted by Gasteiger charge is -2.38. The third-order valence-electron chi connectivity index (χ3n) is 6.82. The van der Waals surface area contributed by atoms with Crippen LogP contribution in [-0.2, 0) is 6.54 Å². The summed E-state index contributed by atoms with van der Waals surface area (Å²) in [5.41, 5.74) is 2.14. The molecule has 29 heavy (non-hydrogen) atoms. The lowest BCUT2D eigenvalue weighted by molar-refractivity contribution is 0.0677. The van der Waals surface area contributed by atoms with Crippen molar-refractivity contribution in [2.45, 2.75) is 44.3 Å². The van der Waals surface area contributed by atoms with E-state index >= 15 is 0 Å². The summed E-state index contributed by atoms with van der Waals surface area (Å²) in [6.07, 6.45) is 4.31. The van der Waals surface area contributed by atoms with Gasteiger partial charge < -0.3 is 4.74 Å². The van der Waals surface area contributed by atoms with E-state index in [1.54, 1.807) is 7.11 Å². The minimum absolute atomic E-state index is 0.0826. The fraction of sp³-hybridized carbons (Fsp3) is 0.346. The van der Waals surface area contributed by atoms with Crippen LogP contribution >= 0.6 is 0 Å². The number of carbonyl (C=O) groups excluding carboxylic acids is 1. The number of hydrogen-bond donors (Lipinski definition) is 0. The highest BCUT2D eigenvalue weighted by molar-refractivity contribution is 6.11. The summed E-state index contributed by atoms with van der Waals surface area (Å²) in [5, 5.41) is 2.11. The predicted octanol–water partition coefficient (Wildman–Crippen LogP) is 5.47. The fourth-order valence-electron chi connectivity index (χ4n) is 5.42. The monoisotopic (exact) mass is 385 g/mol. The number of hydrogen-bond acceptors (Lipinski definition) is 3. The molecule has 2 aliphatic rings. The van der Waals surface area contributed by atoms with Crippen molar-refractivity contribution in [2.75, 3.05) is 7.11 Å². The summed E-state index contributed by atoms with van der Waals surface area (Å²) in [6, 6.07) is 23.8. The number of rotatable bonds is 5. The van der Waals surface area contributed by atoms with Crippen LogP contribution in [-0.4, -0.2) is 29.9 Å². The molecule has 2 unspecified atom stereocenters. The van der Waals surface area contributed by atoms with Crippen molar-refractivity contribution in [1.82, 2.24) is 4.90 Å². The first-order chi connectivity index (χ1) is 14.2. The fourth-order valence-corrected chi connectivity index (χ4v) is 5.42. The number of Topliss-reactive ketones (excluding diaryl/α,β-unsaturated/α-hetero) is 1. The van der Waals surface area contributed by atoms with Crippen LogP contribution in [0.3, 0.4) is 0 Å². The van der Waals surface area contributed by atoms with E-state index in [1.807, 2.05) is 30.3 Å². The average molecular weight is 386 g/mol. The number of benzene rings is 3. The van der Waals surface area contributed by atoms with Gasteiger partial charge in [0.25, 0.3) is 0 Å². The maximum atomic E-state index is 13.7. The molecular weight excluding hydrogens is 358 g/mol. The summed E-state index contributed by atoms with van der Waals surface area (Å²) in [4.78, 5) is 16.3. The van der Waals surface area contributed by atoms with Crippen LogP contribution in [0.25, 0.3) is 10.8 Å². The molecule has 2 saturated heterocycles. The summed E-state index contributed by atoms with van der Waals surface area (Å²) >= 11 is 0. The summed E-state index contributed by atoms with van der Waals surface area (Å²) in [7, 11) is 1.66. The van der Waals surface area contributed by atoms with Crippen LogP contribution in [0.4, 0.5) is 0 Å². The second-order valence-electron chi connectivity index (χ2n) is 8.44. The largest absolute Gasteiger partial charge is 0.496 e. The molecule has 3 nitrogen and oxygen atoms in total. The summed E-state index contributed by atoms with van der Waals surface area (Å²) in [6.45, 7) is 0.995. The van der Waals surface area contributed by atoms with Crippen LogP contribution in [0, 0.1) is 5.92 Å². The molecule has 2 heterocycles. The number of ether oxygens (including phenoxy) is 1. The van der Waals surface area contributed by atoms with Crippen LogP contribution in [0.1, 0.15) is 41.6 Å². The minimum Gasteiger partial charge on any atom is -0.496 e. The highest BCUT2D eigenvalue weighted by Crippen LogP contribution is 2.42. The zero-order chi connectivity index (χ0) is 19.8. The normalized spacial score (nSPS) is 24.0. The van der Waals surface area contributed by atoms with Crippen LogP contribution in [0.15, 0.2) is 66.7 Å². The number of carbonyl (C=O) groups is 1. The topological polar surface area (TPSA) is 29.5 Å². The second-order valence-corrected chi connectivity index (χ2v) is 8.44. The Morgan fingerprint density at radius 2 is 1.62 bits per heavy atom. The van der Waals surface area contributed by atoms with Crippen molar-refractivity contribution in [3.8, 4) is 5.75 Å². The molecule has 2 bridgehead atoms. The number of nitrogens with zero attached hydrogens (tertiary/aromatic N) is 1. The SMILES string of the molecule is COc1ccc2ccccc2c1C(=O)C1CC2CCC(C1)N2Cc1ccccc1. The molecule has 0 aliphatic carbocycles. The highest BCUT2D eigenvalue weighted by atomic mass is 16.5. The van der Waals surface area contributed by atoms with Gasteiger partial charge >= 0.3 is 0 Å². The first-order valence-corrected chi connectivity index (χ1v) is 10.6. The van der Waals surface area contributed by atoms with E-state index in [9.17, 15) is 4.79 Å². The molecule has 2 fully saturated rings. The van der Waals surface area contributed by atoms with Crippen LogP contribution in [0.2, 0.25) is 0 Å². The Kier molecular flexibility index (Phi) is 4.84. The lowest BCUT2D eigenvalue weighted by Crippen LogP contribution is -2.44. The van der Waals surface area contributed by atoms with Crippen LogP contribution in [0.5, 0.6) is 5.75 Å². The van der Waals surface area contributed by atoms with Gasteiger partial charge in [0.1, 0.15) is 5.75 Å². The molecule has 0 amide bonds.